The molecule has 4 nitrogen and oxygen atoms in total. The molecule has 0 saturated heterocycles. The van der Waals surface area contributed by atoms with Crippen molar-refractivity contribution in [1.82, 2.24) is 0 Å². The number of amides is 1. The van der Waals surface area contributed by atoms with E-state index in [-0.39, 0.29) is 6.61 Å². The van der Waals surface area contributed by atoms with Gasteiger partial charge in [-0.15, -0.1) is 0 Å². The van der Waals surface area contributed by atoms with Gasteiger partial charge in [0.15, 0.2) is 0 Å². The van der Waals surface area contributed by atoms with E-state index in [0.717, 1.165) is 22.4 Å². The molecule has 1 aromatic carbocycles. The van der Waals surface area contributed by atoms with Gasteiger partial charge in [-0.2, -0.15) is 0 Å². The summed E-state index contributed by atoms with van der Waals surface area (Å²) in [5.41, 5.74) is 4.01. The number of hydrogen-bond donors (Lipinski definition) is 0. The van der Waals surface area contributed by atoms with Crippen LogP contribution in [0.2, 0.25) is 0 Å². The molecule has 0 bridgehead atoms. The van der Waals surface area contributed by atoms with Crippen molar-refractivity contribution in [3.05, 3.63) is 28.8 Å². The molecule has 0 aliphatic rings. The number of benzene rings is 1. The molecule has 18 heavy (non-hydrogen) atoms. The fourth-order valence-electron chi connectivity index (χ4n) is 1.74. The zero-order chi connectivity index (χ0) is 13.9. The van der Waals surface area contributed by atoms with E-state index in [9.17, 15) is 9.59 Å². The van der Waals surface area contributed by atoms with Gasteiger partial charge in [0.05, 0.1) is 6.61 Å². The van der Waals surface area contributed by atoms with E-state index in [1.807, 2.05) is 32.9 Å². The van der Waals surface area contributed by atoms with Crippen molar-refractivity contribution in [2.24, 2.45) is 0 Å². The fourth-order valence-corrected chi connectivity index (χ4v) is 1.74. The summed E-state index contributed by atoms with van der Waals surface area (Å²) in [5, 5.41) is 0. The second kappa shape index (κ2) is 5.67. The van der Waals surface area contributed by atoms with Crippen molar-refractivity contribution >= 4 is 17.6 Å². The van der Waals surface area contributed by atoms with Crippen LogP contribution >= 0.6 is 0 Å². The average molecular weight is 249 g/mol. The maximum absolute atomic E-state index is 11.8. The number of likely N-dealkylation sites (N-methyl/N-ethyl adjacent to an activating group) is 1. The lowest BCUT2D eigenvalue weighted by Crippen LogP contribution is -2.35. The Labute approximate surface area is 108 Å². The standard InChI is InChI=1S/C14H19NO3/c1-6-18-14(17)13(16)15(5)12-8-7-9(2)10(3)11(12)4/h7-8H,6H2,1-5H3. The van der Waals surface area contributed by atoms with Crippen LogP contribution in [0, 0.1) is 20.8 Å². The molecular formula is C14H19NO3. The van der Waals surface area contributed by atoms with Crippen molar-refractivity contribution in [3.63, 3.8) is 0 Å². The Morgan fingerprint density at radius 2 is 1.78 bits per heavy atom. The fraction of sp³-hybridized carbons (Fsp3) is 0.429. The highest BCUT2D eigenvalue weighted by atomic mass is 16.5. The molecule has 1 amide bonds. The van der Waals surface area contributed by atoms with Crippen LogP contribution in [0.5, 0.6) is 0 Å². The molecular weight excluding hydrogens is 230 g/mol. The Balaban J connectivity index is 3.04. The van der Waals surface area contributed by atoms with Gasteiger partial charge in [-0.25, -0.2) is 4.79 Å². The Hall–Kier alpha value is -1.84. The summed E-state index contributed by atoms with van der Waals surface area (Å²) in [4.78, 5) is 24.6. The van der Waals surface area contributed by atoms with Gasteiger partial charge in [0, 0.05) is 12.7 Å². The molecule has 0 atom stereocenters. The SMILES string of the molecule is CCOC(=O)C(=O)N(C)c1ccc(C)c(C)c1C. The minimum absolute atomic E-state index is 0.199. The van der Waals surface area contributed by atoms with E-state index in [2.05, 4.69) is 0 Å². The maximum Gasteiger partial charge on any atom is 0.397 e. The highest BCUT2D eigenvalue weighted by Crippen LogP contribution is 2.24. The highest BCUT2D eigenvalue weighted by Gasteiger charge is 2.22. The van der Waals surface area contributed by atoms with Crippen LogP contribution < -0.4 is 4.90 Å². The van der Waals surface area contributed by atoms with E-state index in [4.69, 9.17) is 4.74 Å². The Kier molecular flexibility index (Phi) is 4.48. The number of anilines is 1. The largest absolute Gasteiger partial charge is 0.459 e. The third kappa shape index (κ3) is 2.70. The van der Waals surface area contributed by atoms with E-state index in [0.29, 0.717) is 0 Å². The molecule has 0 aliphatic carbocycles. The summed E-state index contributed by atoms with van der Waals surface area (Å²) in [6.07, 6.45) is 0. The van der Waals surface area contributed by atoms with Gasteiger partial charge >= 0.3 is 11.9 Å². The number of rotatable bonds is 2. The van der Waals surface area contributed by atoms with Gasteiger partial charge < -0.3 is 9.64 Å². The van der Waals surface area contributed by atoms with Crippen LogP contribution in [0.3, 0.4) is 0 Å². The van der Waals surface area contributed by atoms with Crippen molar-refractivity contribution < 1.29 is 14.3 Å². The molecule has 0 radical (unpaired) electrons. The van der Waals surface area contributed by atoms with Crippen LogP contribution in [-0.4, -0.2) is 25.5 Å². The first kappa shape index (κ1) is 14.2. The van der Waals surface area contributed by atoms with E-state index in [1.165, 1.54) is 4.90 Å². The molecule has 0 aromatic heterocycles. The van der Waals surface area contributed by atoms with Gasteiger partial charge in [0.2, 0.25) is 0 Å². The molecule has 0 spiro atoms. The van der Waals surface area contributed by atoms with Gasteiger partial charge in [-0.3, -0.25) is 4.79 Å². The number of nitrogens with zero attached hydrogens (tertiary/aromatic N) is 1. The summed E-state index contributed by atoms with van der Waals surface area (Å²) in [6.45, 7) is 7.82. The van der Waals surface area contributed by atoms with Gasteiger partial charge in [-0.1, -0.05) is 6.07 Å². The zero-order valence-electron chi connectivity index (χ0n) is 11.5. The molecule has 0 aliphatic heterocycles. The normalized spacial score (nSPS) is 10.1. The third-order valence-corrected chi connectivity index (χ3v) is 3.15. The van der Waals surface area contributed by atoms with Crippen LogP contribution in [0.4, 0.5) is 5.69 Å². The number of carbonyl (C=O) groups excluding carboxylic acids is 2. The minimum Gasteiger partial charge on any atom is -0.459 e. The lowest BCUT2D eigenvalue weighted by Gasteiger charge is -2.20. The number of aryl methyl sites for hydroxylation is 1. The van der Waals surface area contributed by atoms with E-state index < -0.39 is 11.9 Å². The molecule has 1 aromatic rings. The molecule has 0 unspecified atom stereocenters. The van der Waals surface area contributed by atoms with Crippen LogP contribution in [0.25, 0.3) is 0 Å². The molecule has 1 rings (SSSR count). The maximum atomic E-state index is 11.8. The molecule has 0 saturated carbocycles. The predicted molar refractivity (Wildman–Crippen MR) is 70.7 cm³/mol. The van der Waals surface area contributed by atoms with Crippen molar-refractivity contribution in [3.8, 4) is 0 Å². The Morgan fingerprint density at radius 3 is 2.33 bits per heavy atom. The minimum atomic E-state index is -0.822. The highest BCUT2D eigenvalue weighted by molar-refractivity contribution is 6.38. The van der Waals surface area contributed by atoms with Gasteiger partial charge in [0.25, 0.3) is 0 Å². The number of ether oxygens (including phenoxy) is 1. The molecule has 0 fully saturated rings. The summed E-state index contributed by atoms with van der Waals surface area (Å²) in [5.74, 6) is -1.47. The molecule has 0 N–H and O–H groups in total. The lowest BCUT2D eigenvalue weighted by atomic mass is 10.0. The summed E-state index contributed by atoms with van der Waals surface area (Å²) >= 11 is 0. The van der Waals surface area contributed by atoms with E-state index in [1.54, 1.807) is 14.0 Å². The smallest absolute Gasteiger partial charge is 0.397 e. The van der Waals surface area contributed by atoms with Gasteiger partial charge in [0.1, 0.15) is 0 Å². The van der Waals surface area contributed by atoms with Crippen LogP contribution in [0.1, 0.15) is 23.6 Å². The van der Waals surface area contributed by atoms with Crippen molar-refractivity contribution in [2.75, 3.05) is 18.6 Å². The summed E-state index contributed by atoms with van der Waals surface area (Å²) in [6, 6.07) is 3.78. The molecule has 0 heterocycles. The average Bonchev–Trinajstić information content (AvgIpc) is 2.35. The van der Waals surface area contributed by atoms with Crippen LogP contribution in [-0.2, 0) is 14.3 Å². The first-order valence-corrected chi connectivity index (χ1v) is 5.91. The van der Waals surface area contributed by atoms with E-state index >= 15 is 0 Å². The van der Waals surface area contributed by atoms with Crippen molar-refractivity contribution in [2.45, 2.75) is 27.7 Å². The second-order valence-electron chi connectivity index (χ2n) is 4.24. The molecule has 98 valence electrons. The third-order valence-electron chi connectivity index (χ3n) is 3.15. The lowest BCUT2D eigenvalue weighted by molar-refractivity contribution is -0.153. The predicted octanol–water partition coefficient (Wildman–Crippen LogP) is 2.14. The Morgan fingerprint density at radius 1 is 1.17 bits per heavy atom. The molecule has 4 heteroatoms. The quantitative estimate of drug-likeness (QED) is 0.596. The van der Waals surface area contributed by atoms with Gasteiger partial charge in [-0.05, 0) is 50.5 Å². The Bertz CT molecular complexity index is 480. The number of carbonyl (C=O) groups is 2. The first-order valence-electron chi connectivity index (χ1n) is 5.91. The van der Waals surface area contributed by atoms with Crippen LogP contribution in [0.15, 0.2) is 12.1 Å². The second-order valence-corrected chi connectivity index (χ2v) is 4.24. The van der Waals surface area contributed by atoms with Crippen molar-refractivity contribution in [1.29, 1.82) is 0 Å². The zero-order valence-corrected chi connectivity index (χ0v) is 11.5. The first-order chi connectivity index (χ1) is 8.40. The number of esters is 1. The topological polar surface area (TPSA) is 46.6 Å². The summed E-state index contributed by atoms with van der Waals surface area (Å²) in [7, 11) is 1.58. The summed E-state index contributed by atoms with van der Waals surface area (Å²) < 4.78 is 4.71. The number of hydrogen-bond acceptors (Lipinski definition) is 3. The monoisotopic (exact) mass is 249 g/mol.